The fraction of sp³-hybridized carbons (Fsp3) is 0.312. The molecule has 2 aromatic rings. The number of carbonyl (C=O) groups excluding carboxylic acids is 1. The van der Waals surface area contributed by atoms with E-state index in [9.17, 15) is 9.59 Å². The summed E-state index contributed by atoms with van der Waals surface area (Å²) in [6.45, 7) is 1.27. The predicted molar refractivity (Wildman–Crippen MR) is 95.4 cm³/mol. The highest BCUT2D eigenvalue weighted by atomic mass is 35.5. The maximum Gasteiger partial charge on any atom is 0.354 e. The van der Waals surface area contributed by atoms with Crippen molar-refractivity contribution in [3.8, 4) is 0 Å². The Kier molecular flexibility index (Phi) is 4.90. The second-order valence-corrected chi connectivity index (χ2v) is 6.32. The van der Waals surface area contributed by atoms with Crippen molar-refractivity contribution in [2.45, 2.75) is 18.8 Å². The first-order valence-corrected chi connectivity index (χ1v) is 8.32. The summed E-state index contributed by atoms with van der Waals surface area (Å²) in [4.78, 5) is 36.6. The number of amides is 1. The van der Waals surface area contributed by atoms with E-state index in [0.717, 1.165) is 18.5 Å². The Bertz CT molecular complexity index is 867. The first-order valence-electron chi connectivity index (χ1n) is 7.94. The molecule has 0 spiro atoms. The van der Waals surface area contributed by atoms with E-state index < -0.39 is 11.9 Å². The summed E-state index contributed by atoms with van der Waals surface area (Å²) in [6.07, 6.45) is 1.50. The monoisotopic (exact) mass is 376 g/mol. The molecule has 5 N–H and O–H groups in total. The standard InChI is InChI=1S/C16H17ClN6O3/c17-16-21-11(15(25)26)7-12(22-16)23-5-3-8(4-6-23)10-2-1-9(18)13(20-10)14(19)24/h1-2,7-8H,3-6,18H2,(H2,19,24)(H,25,26). The number of nitrogen functional groups attached to an aromatic ring is 1. The molecule has 1 aliphatic rings. The Morgan fingerprint density at radius 3 is 2.50 bits per heavy atom. The van der Waals surface area contributed by atoms with E-state index in [1.54, 1.807) is 12.1 Å². The van der Waals surface area contributed by atoms with Gasteiger partial charge in [-0.05, 0) is 36.6 Å². The summed E-state index contributed by atoms with van der Waals surface area (Å²) in [5, 5.41) is 8.99. The number of aromatic carboxylic acids is 1. The number of nitrogens with two attached hydrogens (primary N) is 2. The summed E-state index contributed by atoms with van der Waals surface area (Å²) < 4.78 is 0. The molecule has 1 amide bonds. The van der Waals surface area contributed by atoms with Gasteiger partial charge in [0.1, 0.15) is 5.82 Å². The van der Waals surface area contributed by atoms with E-state index >= 15 is 0 Å². The molecule has 0 bridgehead atoms. The van der Waals surface area contributed by atoms with Crippen LogP contribution in [0.15, 0.2) is 18.2 Å². The highest BCUT2D eigenvalue weighted by Gasteiger charge is 2.24. The summed E-state index contributed by atoms with van der Waals surface area (Å²) >= 11 is 5.82. The molecule has 3 heterocycles. The lowest BCUT2D eigenvalue weighted by molar-refractivity contribution is 0.0690. The number of carboxylic acid groups (broad SMARTS) is 1. The maximum absolute atomic E-state index is 11.4. The molecule has 0 aliphatic carbocycles. The SMILES string of the molecule is NC(=O)c1nc(C2CCN(c3cc(C(=O)O)nc(Cl)n3)CC2)ccc1N. The van der Waals surface area contributed by atoms with Gasteiger partial charge in [-0.25, -0.2) is 19.7 Å². The normalized spacial score (nSPS) is 15.0. The average molecular weight is 377 g/mol. The van der Waals surface area contributed by atoms with Gasteiger partial charge in [-0.15, -0.1) is 0 Å². The van der Waals surface area contributed by atoms with Crippen LogP contribution in [0.3, 0.4) is 0 Å². The van der Waals surface area contributed by atoms with Crippen molar-refractivity contribution in [1.82, 2.24) is 15.0 Å². The molecule has 26 heavy (non-hydrogen) atoms. The van der Waals surface area contributed by atoms with E-state index in [0.29, 0.717) is 18.9 Å². The van der Waals surface area contributed by atoms with Crippen LogP contribution in [-0.2, 0) is 0 Å². The van der Waals surface area contributed by atoms with Crippen molar-refractivity contribution in [1.29, 1.82) is 0 Å². The van der Waals surface area contributed by atoms with Crippen LogP contribution >= 0.6 is 11.6 Å². The highest BCUT2D eigenvalue weighted by molar-refractivity contribution is 6.28. The van der Waals surface area contributed by atoms with Gasteiger partial charge in [-0.3, -0.25) is 4.79 Å². The third-order valence-electron chi connectivity index (χ3n) is 4.32. The fourth-order valence-electron chi connectivity index (χ4n) is 2.99. The Morgan fingerprint density at radius 2 is 1.88 bits per heavy atom. The molecule has 0 unspecified atom stereocenters. The number of carbonyl (C=O) groups is 2. The molecule has 1 fully saturated rings. The smallest absolute Gasteiger partial charge is 0.354 e. The fourth-order valence-corrected chi connectivity index (χ4v) is 3.17. The van der Waals surface area contributed by atoms with Gasteiger partial charge in [-0.1, -0.05) is 0 Å². The number of hydrogen-bond acceptors (Lipinski definition) is 7. The lowest BCUT2D eigenvalue weighted by Crippen LogP contribution is -2.34. The number of rotatable bonds is 4. The van der Waals surface area contributed by atoms with E-state index in [2.05, 4.69) is 15.0 Å². The van der Waals surface area contributed by atoms with Crippen LogP contribution in [-0.4, -0.2) is 45.0 Å². The molecule has 0 radical (unpaired) electrons. The quantitative estimate of drug-likeness (QED) is 0.676. The summed E-state index contributed by atoms with van der Waals surface area (Å²) in [5.74, 6) is -1.20. The predicted octanol–water partition coefficient (Wildman–Crippen LogP) is 1.29. The lowest BCUT2D eigenvalue weighted by atomic mass is 9.92. The van der Waals surface area contributed by atoms with E-state index in [4.69, 9.17) is 28.2 Å². The largest absolute Gasteiger partial charge is 0.477 e. The van der Waals surface area contributed by atoms with Gasteiger partial charge in [0.05, 0.1) is 5.69 Å². The van der Waals surface area contributed by atoms with Gasteiger partial charge < -0.3 is 21.5 Å². The zero-order valence-electron chi connectivity index (χ0n) is 13.7. The van der Waals surface area contributed by atoms with E-state index in [1.807, 2.05) is 4.90 Å². The third-order valence-corrected chi connectivity index (χ3v) is 4.49. The number of piperidine rings is 1. The van der Waals surface area contributed by atoms with Crippen LogP contribution in [0.25, 0.3) is 0 Å². The Hall–Kier alpha value is -2.94. The average Bonchev–Trinajstić information content (AvgIpc) is 2.61. The van der Waals surface area contributed by atoms with Crippen LogP contribution in [0.1, 0.15) is 45.4 Å². The highest BCUT2D eigenvalue weighted by Crippen LogP contribution is 2.30. The summed E-state index contributed by atoms with van der Waals surface area (Å²) in [5.41, 5.74) is 12.0. The minimum absolute atomic E-state index is 0.0820. The van der Waals surface area contributed by atoms with Crippen molar-refractivity contribution in [3.05, 3.63) is 40.6 Å². The number of nitrogens with zero attached hydrogens (tertiary/aromatic N) is 4. The second-order valence-electron chi connectivity index (χ2n) is 5.99. The molecular weight excluding hydrogens is 360 g/mol. The number of carboxylic acids is 1. The van der Waals surface area contributed by atoms with Gasteiger partial charge in [-0.2, -0.15) is 0 Å². The molecule has 136 valence electrons. The Labute approximate surface area is 154 Å². The molecule has 1 aliphatic heterocycles. The van der Waals surface area contributed by atoms with E-state index in [1.165, 1.54) is 6.07 Å². The van der Waals surface area contributed by atoms with E-state index in [-0.39, 0.29) is 28.3 Å². The van der Waals surface area contributed by atoms with Crippen molar-refractivity contribution >= 4 is 35.0 Å². The zero-order valence-corrected chi connectivity index (χ0v) is 14.5. The van der Waals surface area contributed by atoms with Crippen LogP contribution in [0.4, 0.5) is 11.5 Å². The molecule has 0 atom stereocenters. The zero-order chi connectivity index (χ0) is 18.8. The van der Waals surface area contributed by atoms with Crippen molar-refractivity contribution in [3.63, 3.8) is 0 Å². The van der Waals surface area contributed by atoms with Crippen molar-refractivity contribution < 1.29 is 14.7 Å². The Balaban J connectivity index is 1.75. The molecule has 0 saturated carbocycles. The van der Waals surface area contributed by atoms with Crippen LogP contribution in [0.5, 0.6) is 0 Å². The first kappa shape index (κ1) is 17.9. The minimum Gasteiger partial charge on any atom is -0.477 e. The molecule has 2 aromatic heterocycles. The number of hydrogen-bond donors (Lipinski definition) is 3. The van der Waals surface area contributed by atoms with Crippen LogP contribution in [0.2, 0.25) is 5.28 Å². The van der Waals surface area contributed by atoms with Gasteiger partial charge in [0.2, 0.25) is 5.28 Å². The third kappa shape index (κ3) is 3.67. The first-order chi connectivity index (χ1) is 12.3. The molecule has 0 aromatic carbocycles. The number of anilines is 2. The number of aromatic nitrogens is 3. The van der Waals surface area contributed by atoms with Gasteiger partial charge in [0.15, 0.2) is 11.4 Å². The molecule has 9 nitrogen and oxygen atoms in total. The van der Waals surface area contributed by atoms with Gasteiger partial charge in [0, 0.05) is 30.8 Å². The number of primary amides is 1. The van der Waals surface area contributed by atoms with Crippen LogP contribution < -0.4 is 16.4 Å². The van der Waals surface area contributed by atoms with Crippen molar-refractivity contribution in [2.75, 3.05) is 23.7 Å². The summed E-state index contributed by atoms with van der Waals surface area (Å²) in [6, 6.07) is 4.84. The number of halogens is 1. The Morgan fingerprint density at radius 1 is 1.19 bits per heavy atom. The van der Waals surface area contributed by atoms with Crippen LogP contribution in [0, 0.1) is 0 Å². The topological polar surface area (TPSA) is 148 Å². The lowest BCUT2D eigenvalue weighted by Gasteiger charge is -2.32. The van der Waals surface area contributed by atoms with Gasteiger partial charge >= 0.3 is 5.97 Å². The maximum atomic E-state index is 11.4. The molecular formula is C16H17ClN6O3. The molecule has 1 saturated heterocycles. The molecule has 10 heteroatoms. The van der Waals surface area contributed by atoms with Gasteiger partial charge in [0.25, 0.3) is 5.91 Å². The second kappa shape index (κ2) is 7.12. The van der Waals surface area contributed by atoms with Crippen molar-refractivity contribution in [2.24, 2.45) is 5.73 Å². The summed E-state index contributed by atoms with van der Waals surface area (Å²) in [7, 11) is 0. The number of pyridine rings is 1. The molecule has 3 rings (SSSR count). The minimum atomic E-state index is -1.16.